The maximum Gasteiger partial charge on any atom is 0.254 e. The monoisotopic (exact) mass is 738 g/mol. The van der Waals surface area contributed by atoms with E-state index in [1.165, 1.54) is 48.9 Å². The Balaban J connectivity index is 1.09. The predicted molar refractivity (Wildman–Crippen MR) is 225 cm³/mol. The first kappa shape index (κ1) is 38.3. The molecule has 0 spiro atoms. The summed E-state index contributed by atoms with van der Waals surface area (Å²) in [5.74, 6) is 1.73. The molecule has 4 aromatic carbocycles. The topological polar surface area (TPSA) is 120 Å². The first-order valence-corrected chi connectivity index (χ1v) is 20.4. The van der Waals surface area contributed by atoms with Crippen molar-refractivity contribution >= 4 is 28.5 Å². The Morgan fingerprint density at radius 1 is 0.818 bits per heavy atom. The van der Waals surface area contributed by atoms with Gasteiger partial charge in [0.25, 0.3) is 5.91 Å². The lowest BCUT2D eigenvalue weighted by atomic mass is 9.88. The summed E-state index contributed by atoms with van der Waals surface area (Å²) < 4.78 is 2.38. The maximum absolute atomic E-state index is 14.4. The lowest BCUT2D eigenvalue weighted by molar-refractivity contribution is 0.0699. The van der Waals surface area contributed by atoms with Crippen LogP contribution in [0.4, 0.5) is 5.69 Å². The average Bonchev–Trinajstić information content (AvgIpc) is 3.57. The van der Waals surface area contributed by atoms with Crippen molar-refractivity contribution in [2.75, 3.05) is 44.2 Å². The molecular formula is C46H58N8O. The molecule has 1 aliphatic carbocycles. The molecule has 2 fully saturated rings. The number of amidine groups is 1. The molecule has 1 saturated carbocycles. The fraction of sp³-hybridized carbons (Fsp3) is 0.413. The maximum atomic E-state index is 14.4. The van der Waals surface area contributed by atoms with Gasteiger partial charge in [-0.3, -0.25) is 15.1 Å². The fourth-order valence-corrected chi connectivity index (χ4v) is 8.53. The Morgan fingerprint density at radius 2 is 1.51 bits per heavy atom. The number of amides is 1. The number of nitrogens with zero attached hydrogens (tertiary/aromatic N) is 5. The van der Waals surface area contributed by atoms with E-state index in [1.54, 1.807) is 0 Å². The molecule has 1 aromatic heterocycles. The number of nitrogen functional groups attached to an aromatic ring is 1. The van der Waals surface area contributed by atoms with Crippen LogP contribution in [0, 0.1) is 18.3 Å². The van der Waals surface area contributed by atoms with E-state index < -0.39 is 0 Å². The number of aryl methyl sites for hydroxylation is 4. The minimum absolute atomic E-state index is 0.0712. The van der Waals surface area contributed by atoms with E-state index in [-0.39, 0.29) is 11.7 Å². The van der Waals surface area contributed by atoms with E-state index in [4.69, 9.17) is 21.9 Å². The Hall–Kier alpha value is -4.99. The van der Waals surface area contributed by atoms with E-state index in [0.29, 0.717) is 24.6 Å². The van der Waals surface area contributed by atoms with Gasteiger partial charge < -0.3 is 25.8 Å². The van der Waals surface area contributed by atoms with Crippen LogP contribution in [0.3, 0.4) is 0 Å². The van der Waals surface area contributed by atoms with E-state index in [9.17, 15) is 4.79 Å². The first-order valence-electron chi connectivity index (χ1n) is 20.4. The predicted octanol–water partition coefficient (Wildman–Crippen LogP) is 7.31. The number of hydrogen-bond acceptors (Lipinski definition) is 6. The number of anilines is 1. The SMILES string of the molecule is Cc1ccccc1N1CCN(CCCn2c(CCc3ccc(C(=N)N)cc3)nc3cc(C(=O)N(Cc4ccc(CN)cc4)CC4CCCCC4)ccc32)CC1. The van der Waals surface area contributed by atoms with Crippen LogP contribution in [-0.4, -0.2) is 70.4 Å². The molecule has 0 unspecified atom stereocenters. The van der Waals surface area contributed by atoms with Gasteiger partial charge in [0.05, 0.1) is 11.0 Å². The number of carbonyl (C=O) groups excluding carboxylic acids is 1. The molecule has 9 nitrogen and oxygen atoms in total. The smallest absolute Gasteiger partial charge is 0.254 e. The number of nitrogens with one attached hydrogen (secondary N) is 1. The van der Waals surface area contributed by atoms with Gasteiger partial charge >= 0.3 is 0 Å². The fourth-order valence-electron chi connectivity index (χ4n) is 8.53. The van der Waals surface area contributed by atoms with Crippen LogP contribution in [0.1, 0.15) is 82.5 Å². The van der Waals surface area contributed by atoms with Gasteiger partial charge in [-0.05, 0) is 91.6 Å². The quantitative estimate of drug-likeness (QED) is 0.0766. The molecule has 2 aliphatic rings. The molecule has 0 bridgehead atoms. The largest absolute Gasteiger partial charge is 0.384 e. The Kier molecular flexibility index (Phi) is 12.6. The number of benzene rings is 4. The molecule has 5 N–H and O–H groups in total. The van der Waals surface area contributed by atoms with Gasteiger partial charge in [0.1, 0.15) is 11.7 Å². The summed E-state index contributed by atoms with van der Waals surface area (Å²) in [4.78, 5) is 26.8. The van der Waals surface area contributed by atoms with Crippen molar-refractivity contribution in [2.45, 2.75) is 77.9 Å². The highest BCUT2D eigenvalue weighted by Gasteiger charge is 2.24. The van der Waals surface area contributed by atoms with Crippen molar-refractivity contribution in [1.82, 2.24) is 19.4 Å². The summed E-state index contributed by atoms with van der Waals surface area (Å²) in [5, 5.41) is 7.77. The molecule has 1 saturated heterocycles. The molecule has 55 heavy (non-hydrogen) atoms. The van der Waals surface area contributed by atoms with Crippen molar-refractivity contribution in [3.63, 3.8) is 0 Å². The van der Waals surface area contributed by atoms with E-state index in [1.807, 2.05) is 24.3 Å². The van der Waals surface area contributed by atoms with Crippen LogP contribution in [0.25, 0.3) is 11.0 Å². The van der Waals surface area contributed by atoms with E-state index in [0.717, 1.165) is 98.6 Å². The number of aromatic nitrogens is 2. The van der Waals surface area contributed by atoms with E-state index in [2.05, 4.69) is 92.9 Å². The molecule has 0 atom stereocenters. The van der Waals surface area contributed by atoms with Crippen LogP contribution >= 0.6 is 0 Å². The van der Waals surface area contributed by atoms with Gasteiger partial charge in [0.2, 0.25) is 0 Å². The Morgan fingerprint density at radius 3 is 2.22 bits per heavy atom. The molecule has 5 aromatic rings. The van der Waals surface area contributed by atoms with Crippen molar-refractivity contribution in [1.29, 1.82) is 5.41 Å². The second kappa shape index (κ2) is 18.1. The molecule has 1 amide bonds. The van der Waals surface area contributed by atoms with Gasteiger partial charge in [-0.25, -0.2) is 4.98 Å². The number of piperazine rings is 1. The number of imidazole rings is 1. The molecule has 0 radical (unpaired) electrons. The molecule has 288 valence electrons. The number of carbonyl (C=O) groups is 1. The average molecular weight is 739 g/mol. The first-order chi connectivity index (χ1) is 26.8. The third kappa shape index (κ3) is 9.64. The second-order valence-electron chi connectivity index (χ2n) is 15.7. The van der Waals surface area contributed by atoms with Gasteiger partial charge in [0.15, 0.2) is 0 Å². The van der Waals surface area contributed by atoms with Crippen LogP contribution in [0.15, 0.2) is 91.0 Å². The number of hydrogen-bond donors (Lipinski definition) is 3. The molecule has 7 rings (SSSR count). The van der Waals surface area contributed by atoms with Crippen LogP contribution in [0.2, 0.25) is 0 Å². The van der Waals surface area contributed by atoms with Crippen molar-refractivity contribution < 1.29 is 4.79 Å². The van der Waals surface area contributed by atoms with Crippen molar-refractivity contribution in [3.05, 3.63) is 130 Å². The zero-order valence-corrected chi connectivity index (χ0v) is 32.6. The van der Waals surface area contributed by atoms with Crippen LogP contribution in [0.5, 0.6) is 0 Å². The van der Waals surface area contributed by atoms with Crippen molar-refractivity contribution in [3.8, 4) is 0 Å². The molecule has 2 heterocycles. The Labute approximate surface area is 326 Å². The summed E-state index contributed by atoms with van der Waals surface area (Å²) in [6.07, 6.45) is 8.77. The third-order valence-corrected chi connectivity index (χ3v) is 11.8. The highest BCUT2D eigenvalue weighted by molar-refractivity contribution is 5.97. The molecule has 9 heteroatoms. The highest BCUT2D eigenvalue weighted by atomic mass is 16.2. The second-order valence-corrected chi connectivity index (χ2v) is 15.7. The zero-order valence-electron chi connectivity index (χ0n) is 32.6. The Bertz CT molecular complexity index is 2040. The van der Waals surface area contributed by atoms with Crippen molar-refractivity contribution in [2.24, 2.45) is 17.4 Å². The van der Waals surface area contributed by atoms with Gasteiger partial charge in [-0.2, -0.15) is 0 Å². The number of rotatable bonds is 15. The summed E-state index contributed by atoms with van der Waals surface area (Å²) in [7, 11) is 0. The lowest BCUT2D eigenvalue weighted by Gasteiger charge is -2.36. The minimum atomic E-state index is 0.0712. The van der Waals surface area contributed by atoms with Gasteiger partial charge in [-0.1, -0.05) is 86.0 Å². The third-order valence-electron chi connectivity index (χ3n) is 11.8. The minimum Gasteiger partial charge on any atom is -0.384 e. The molecule has 1 aliphatic heterocycles. The van der Waals surface area contributed by atoms with Gasteiger partial charge in [0, 0.05) is 75.6 Å². The zero-order chi connectivity index (χ0) is 38.1. The lowest BCUT2D eigenvalue weighted by Crippen LogP contribution is -2.47. The summed E-state index contributed by atoms with van der Waals surface area (Å²) in [6, 6.07) is 31.2. The number of fused-ring (bicyclic) bond motifs is 1. The summed E-state index contributed by atoms with van der Waals surface area (Å²) in [5.41, 5.74) is 21.1. The van der Waals surface area contributed by atoms with E-state index >= 15 is 0 Å². The summed E-state index contributed by atoms with van der Waals surface area (Å²) >= 11 is 0. The van der Waals surface area contributed by atoms with Crippen LogP contribution < -0.4 is 16.4 Å². The highest BCUT2D eigenvalue weighted by Crippen LogP contribution is 2.27. The normalized spacial score (nSPS) is 15.4. The number of para-hydroxylation sites is 1. The van der Waals surface area contributed by atoms with Crippen LogP contribution in [-0.2, 0) is 32.5 Å². The standard InChI is InChI=1S/C46H58N8O/c1-34-8-5-6-11-42(34)52-28-26-51(27-29-52)24-7-25-54-43-22-21-40(30-41(43)50-44(54)23-18-35-16-19-39(20-17-35)45(48)49)46(55)53(32-37-9-3-2-4-10-37)33-38-14-12-36(31-47)13-15-38/h5-6,8,11-17,19-22,30,37H,2-4,7,9-10,18,23-29,31-33,47H2,1H3,(H3,48,49). The van der Waals surface area contributed by atoms with Gasteiger partial charge in [-0.15, -0.1) is 0 Å². The molecular weight excluding hydrogens is 681 g/mol. The number of nitrogens with two attached hydrogens (primary N) is 2. The summed E-state index contributed by atoms with van der Waals surface area (Å²) in [6.45, 7) is 10.2.